The first-order valence-electron chi connectivity index (χ1n) is 10.1. The average Bonchev–Trinajstić information content (AvgIpc) is 3.17. The van der Waals surface area contributed by atoms with E-state index < -0.39 is 0 Å². The van der Waals surface area contributed by atoms with Crippen molar-refractivity contribution in [2.24, 2.45) is 5.92 Å². The summed E-state index contributed by atoms with van der Waals surface area (Å²) in [7, 11) is 0. The lowest BCUT2D eigenvalue weighted by atomic mass is 9.97. The lowest BCUT2D eigenvalue weighted by Gasteiger charge is -2.32. The van der Waals surface area contributed by atoms with Gasteiger partial charge in [-0.1, -0.05) is 30.3 Å². The highest BCUT2D eigenvalue weighted by molar-refractivity contribution is 5.76. The summed E-state index contributed by atoms with van der Waals surface area (Å²) in [5, 5.41) is 3.18. The van der Waals surface area contributed by atoms with Crippen molar-refractivity contribution in [3.8, 4) is 0 Å². The van der Waals surface area contributed by atoms with Gasteiger partial charge in [0.2, 0.25) is 0 Å². The Morgan fingerprint density at radius 1 is 1.15 bits per heavy atom. The molecule has 6 nitrogen and oxygen atoms in total. The maximum Gasteiger partial charge on any atom is 0.317 e. The van der Waals surface area contributed by atoms with Gasteiger partial charge in [-0.3, -0.25) is 9.69 Å². The third-order valence-corrected chi connectivity index (χ3v) is 5.78. The number of piperidine rings is 1. The number of hydrogen-bond donors (Lipinski definition) is 1. The number of benzene rings is 1. The van der Waals surface area contributed by atoms with Crippen molar-refractivity contribution in [2.45, 2.75) is 45.2 Å². The van der Waals surface area contributed by atoms with E-state index in [9.17, 15) is 9.59 Å². The molecule has 3 rings (SSSR count). The van der Waals surface area contributed by atoms with Crippen LogP contribution in [-0.4, -0.2) is 60.6 Å². The fraction of sp³-hybridized carbons (Fsp3) is 0.619. The Hall–Kier alpha value is -2.08. The first-order chi connectivity index (χ1) is 13.1. The number of amides is 2. The molecule has 2 fully saturated rings. The fourth-order valence-electron chi connectivity index (χ4n) is 4.04. The third kappa shape index (κ3) is 5.01. The normalized spacial score (nSPS) is 22.4. The van der Waals surface area contributed by atoms with Crippen molar-refractivity contribution in [3.05, 3.63) is 35.9 Å². The second kappa shape index (κ2) is 9.22. The molecule has 0 saturated carbocycles. The molecule has 27 heavy (non-hydrogen) atoms. The van der Waals surface area contributed by atoms with Crippen LogP contribution in [0.5, 0.6) is 0 Å². The van der Waals surface area contributed by atoms with Crippen LogP contribution in [0.4, 0.5) is 4.79 Å². The number of likely N-dealkylation sites (tertiary alicyclic amines) is 2. The van der Waals surface area contributed by atoms with E-state index in [4.69, 9.17) is 4.74 Å². The molecule has 0 bridgehead atoms. The van der Waals surface area contributed by atoms with Gasteiger partial charge in [0, 0.05) is 38.3 Å². The molecule has 2 aliphatic rings. The Balaban J connectivity index is 1.44. The van der Waals surface area contributed by atoms with Gasteiger partial charge in [0.1, 0.15) is 0 Å². The topological polar surface area (TPSA) is 61.9 Å². The van der Waals surface area contributed by atoms with Crippen molar-refractivity contribution in [3.63, 3.8) is 0 Å². The van der Waals surface area contributed by atoms with E-state index in [0.717, 1.165) is 19.5 Å². The minimum absolute atomic E-state index is 0.00322. The molecule has 0 aliphatic carbocycles. The molecule has 0 radical (unpaired) electrons. The van der Waals surface area contributed by atoms with Gasteiger partial charge in [-0.2, -0.15) is 0 Å². The molecule has 2 unspecified atom stereocenters. The number of rotatable bonds is 5. The van der Waals surface area contributed by atoms with Crippen LogP contribution in [-0.2, 0) is 9.53 Å². The van der Waals surface area contributed by atoms with Crippen LogP contribution < -0.4 is 5.32 Å². The summed E-state index contributed by atoms with van der Waals surface area (Å²) in [6.07, 6.45) is 2.35. The van der Waals surface area contributed by atoms with E-state index in [1.807, 2.05) is 17.9 Å². The van der Waals surface area contributed by atoms with Crippen LogP contribution in [0.3, 0.4) is 0 Å². The molecule has 2 amide bonds. The van der Waals surface area contributed by atoms with Gasteiger partial charge in [0.25, 0.3) is 0 Å². The minimum Gasteiger partial charge on any atom is -0.466 e. The van der Waals surface area contributed by atoms with Crippen LogP contribution in [0.1, 0.15) is 44.7 Å². The summed E-state index contributed by atoms with van der Waals surface area (Å²) in [5.74, 6) is -0.193. The van der Waals surface area contributed by atoms with Crippen LogP contribution in [0.15, 0.2) is 30.3 Å². The Kier molecular flexibility index (Phi) is 6.72. The summed E-state index contributed by atoms with van der Waals surface area (Å²) < 4.78 is 5.09. The van der Waals surface area contributed by atoms with Crippen molar-refractivity contribution in [1.82, 2.24) is 15.1 Å². The average molecular weight is 373 g/mol. The summed E-state index contributed by atoms with van der Waals surface area (Å²) in [6, 6.07) is 11.0. The SMILES string of the molecule is CCOC(=O)C1CCN(C(=O)NC2CCN(C(C)c3ccccc3)C2)CC1. The molecule has 1 aromatic carbocycles. The van der Waals surface area contributed by atoms with Gasteiger partial charge in [-0.15, -0.1) is 0 Å². The monoisotopic (exact) mass is 373 g/mol. The fourth-order valence-corrected chi connectivity index (χ4v) is 4.04. The predicted molar refractivity (Wildman–Crippen MR) is 104 cm³/mol. The van der Waals surface area contributed by atoms with E-state index in [1.54, 1.807) is 0 Å². The number of carbonyl (C=O) groups is 2. The highest BCUT2D eigenvalue weighted by Gasteiger charge is 2.31. The predicted octanol–water partition coefficient (Wildman–Crippen LogP) is 2.81. The number of ether oxygens (including phenoxy) is 1. The highest BCUT2D eigenvalue weighted by Crippen LogP contribution is 2.25. The van der Waals surface area contributed by atoms with Gasteiger partial charge in [0.05, 0.1) is 12.5 Å². The van der Waals surface area contributed by atoms with Crippen molar-refractivity contribution in [2.75, 3.05) is 32.8 Å². The molecular weight excluding hydrogens is 342 g/mol. The maximum absolute atomic E-state index is 12.6. The first-order valence-corrected chi connectivity index (χ1v) is 10.1. The maximum atomic E-state index is 12.6. The summed E-state index contributed by atoms with van der Waals surface area (Å²) in [6.45, 7) is 7.56. The van der Waals surface area contributed by atoms with E-state index in [0.29, 0.717) is 38.6 Å². The third-order valence-electron chi connectivity index (χ3n) is 5.78. The van der Waals surface area contributed by atoms with Gasteiger partial charge in [-0.25, -0.2) is 4.79 Å². The van der Waals surface area contributed by atoms with Gasteiger partial charge in [-0.05, 0) is 38.7 Å². The summed E-state index contributed by atoms with van der Waals surface area (Å²) in [5.41, 5.74) is 1.31. The molecule has 2 atom stereocenters. The number of hydrogen-bond acceptors (Lipinski definition) is 4. The Morgan fingerprint density at radius 2 is 1.85 bits per heavy atom. The van der Waals surface area contributed by atoms with Crippen molar-refractivity contribution >= 4 is 12.0 Å². The molecule has 1 aromatic rings. The molecular formula is C21H31N3O3. The van der Waals surface area contributed by atoms with Gasteiger partial charge < -0.3 is 15.0 Å². The standard InChI is InChI=1S/C21H31N3O3/c1-3-27-20(25)18-9-12-23(13-10-18)21(26)22-19-11-14-24(15-19)16(2)17-7-5-4-6-8-17/h4-8,16,18-19H,3,9-15H2,1-2H3,(H,22,26). The minimum atomic E-state index is -0.126. The number of nitrogens with one attached hydrogen (secondary N) is 1. The number of nitrogens with zero attached hydrogens (tertiary/aromatic N) is 2. The highest BCUT2D eigenvalue weighted by atomic mass is 16.5. The zero-order valence-electron chi connectivity index (χ0n) is 16.4. The molecule has 2 saturated heterocycles. The zero-order valence-corrected chi connectivity index (χ0v) is 16.4. The molecule has 2 aliphatic heterocycles. The number of urea groups is 1. The molecule has 148 valence electrons. The van der Waals surface area contributed by atoms with Crippen molar-refractivity contribution < 1.29 is 14.3 Å². The molecule has 2 heterocycles. The van der Waals surface area contributed by atoms with Gasteiger partial charge in [0.15, 0.2) is 0 Å². The second-order valence-electron chi connectivity index (χ2n) is 7.53. The van der Waals surface area contributed by atoms with E-state index in [2.05, 4.69) is 41.4 Å². The summed E-state index contributed by atoms with van der Waals surface area (Å²) >= 11 is 0. The van der Waals surface area contributed by atoms with Crippen LogP contribution >= 0.6 is 0 Å². The second-order valence-corrected chi connectivity index (χ2v) is 7.53. The van der Waals surface area contributed by atoms with Gasteiger partial charge >= 0.3 is 12.0 Å². The van der Waals surface area contributed by atoms with Crippen molar-refractivity contribution in [1.29, 1.82) is 0 Å². The van der Waals surface area contributed by atoms with Crippen LogP contribution in [0.2, 0.25) is 0 Å². The Bertz CT molecular complexity index is 629. The van der Waals surface area contributed by atoms with E-state index in [1.165, 1.54) is 5.56 Å². The largest absolute Gasteiger partial charge is 0.466 e. The Morgan fingerprint density at radius 3 is 2.52 bits per heavy atom. The molecule has 1 N–H and O–H groups in total. The zero-order chi connectivity index (χ0) is 19.2. The summed E-state index contributed by atoms with van der Waals surface area (Å²) in [4.78, 5) is 28.7. The molecule has 0 spiro atoms. The molecule has 0 aromatic heterocycles. The quantitative estimate of drug-likeness (QED) is 0.806. The van der Waals surface area contributed by atoms with Crippen LogP contribution in [0.25, 0.3) is 0 Å². The number of carbonyl (C=O) groups excluding carboxylic acids is 2. The Labute approximate surface area is 161 Å². The first kappa shape index (κ1) is 19.7. The van der Waals surface area contributed by atoms with E-state index in [-0.39, 0.29) is 24.0 Å². The van der Waals surface area contributed by atoms with E-state index >= 15 is 0 Å². The molecule has 6 heteroatoms. The number of esters is 1. The smallest absolute Gasteiger partial charge is 0.317 e. The lowest BCUT2D eigenvalue weighted by Crippen LogP contribution is -2.49. The van der Waals surface area contributed by atoms with Crippen LogP contribution in [0, 0.1) is 5.92 Å². The lowest BCUT2D eigenvalue weighted by molar-refractivity contribution is -0.149.